The molecule has 0 bridgehead atoms. The zero-order valence-corrected chi connectivity index (χ0v) is 12.6. The number of carbonyl (C=O) groups excluding carboxylic acids is 1. The monoisotopic (exact) mass is 284 g/mol. The molecule has 4 rings (SSSR count). The lowest BCUT2D eigenvalue weighted by atomic mass is 9.92. The average molecular weight is 284 g/mol. The van der Waals surface area contributed by atoms with Crippen LogP contribution < -0.4 is 10.6 Å². The largest absolute Gasteiger partial charge is 0.356 e. The first kappa shape index (κ1) is 13.3. The molecular formula is C18H24N2O. The zero-order valence-electron chi connectivity index (χ0n) is 12.6. The van der Waals surface area contributed by atoms with Crippen molar-refractivity contribution >= 4 is 5.91 Å². The second-order valence-corrected chi connectivity index (χ2v) is 7.08. The molecule has 3 unspecified atom stereocenters. The number of benzene rings is 1. The van der Waals surface area contributed by atoms with Gasteiger partial charge >= 0.3 is 0 Å². The lowest BCUT2D eigenvalue weighted by molar-refractivity contribution is -0.126. The predicted molar refractivity (Wildman–Crippen MR) is 83.1 cm³/mol. The topological polar surface area (TPSA) is 41.1 Å². The normalized spacial score (nSPS) is 36.7. The first-order valence-corrected chi connectivity index (χ1v) is 8.33. The summed E-state index contributed by atoms with van der Waals surface area (Å²) in [6.07, 6.45) is 3.18. The van der Waals surface area contributed by atoms with Crippen molar-refractivity contribution in [2.45, 2.75) is 38.1 Å². The van der Waals surface area contributed by atoms with Crippen LogP contribution in [0.15, 0.2) is 24.3 Å². The van der Waals surface area contributed by atoms with Gasteiger partial charge in [0.1, 0.15) is 0 Å². The number of rotatable bonds is 3. The van der Waals surface area contributed by atoms with Gasteiger partial charge in [-0.2, -0.15) is 0 Å². The molecule has 5 atom stereocenters. The molecule has 3 aliphatic rings. The van der Waals surface area contributed by atoms with E-state index in [1.807, 2.05) is 0 Å². The van der Waals surface area contributed by atoms with E-state index in [4.69, 9.17) is 0 Å². The minimum atomic E-state index is 0.215. The van der Waals surface area contributed by atoms with Gasteiger partial charge in [-0.1, -0.05) is 24.3 Å². The fourth-order valence-corrected chi connectivity index (χ4v) is 4.49. The Bertz CT molecular complexity index is 556. The van der Waals surface area contributed by atoms with Crippen LogP contribution in [0.1, 0.15) is 36.8 Å². The smallest absolute Gasteiger partial charge is 0.223 e. The molecule has 3 heteroatoms. The molecule has 2 N–H and O–H groups in total. The van der Waals surface area contributed by atoms with Gasteiger partial charge in [-0.05, 0) is 61.6 Å². The van der Waals surface area contributed by atoms with Crippen LogP contribution in [0.2, 0.25) is 0 Å². The van der Waals surface area contributed by atoms with Gasteiger partial charge in [-0.3, -0.25) is 4.79 Å². The van der Waals surface area contributed by atoms with E-state index in [2.05, 4.69) is 41.8 Å². The Kier molecular flexibility index (Phi) is 3.26. The Labute approximate surface area is 126 Å². The van der Waals surface area contributed by atoms with Crippen LogP contribution in [0.3, 0.4) is 0 Å². The molecule has 1 saturated carbocycles. The Hall–Kier alpha value is -1.35. The Morgan fingerprint density at radius 1 is 1.38 bits per heavy atom. The van der Waals surface area contributed by atoms with Crippen molar-refractivity contribution in [3.8, 4) is 0 Å². The summed E-state index contributed by atoms with van der Waals surface area (Å²) in [6.45, 7) is 4.02. The van der Waals surface area contributed by atoms with Crippen molar-refractivity contribution in [1.82, 2.24) is 10.6 Å². The number of piperidine rings is 1. The maximum absolute atomic E-state index is 12.3. The van der Waals surface area contributed by atoms with Crippen LogP contribution >= 0.6 is 0 Å². The lowest BCUT2D eigenvalue weighted by Gasteiger charge is -2.27. The number of amides is 1. The van der Waals surface area contributed by atoms with Crippen LogP contribution in [0.25, 0.3) is 0 Å². The first-order chi connectivity index (χ1) is 10.2. The summed E-state index contributed by atoms with van der Waals surface area (Å²) in [5.74, 6) is 2.68. The molecular weight excluding hydrogens is 260 g/mol. The fraction of sp³-hybridized carbons (Fsp3) is 0.611. The second kappa shape index (κ2) is 5.13. The zero-order chi connectivity index (χ0) is 14.4. The molecule has 2 aliphatic carbocycles. The molecule has 2 fully saturated rings. The molecule has 1 aliphatic heterocycles. The predicted octanol–water partition coefficient (Wildman–Crippen LogP) is 2.08. The van der Waals surface area contributed by atoms with Crippen molar-refractivity contribution in [3.05, 3.63) is 35.4 Å². The maximum Gasteiger partial charge on any atom is 0.223 e. The quantitative estimate of drug-likeness (QED) is 0.892. The molecule has 1 aromatic rings. The number of fused-ring (bicyclic) bond motifs is 3. The molecule has 0 radical (unpaired) electrons. The lowest BCUT2D eigenvalue weighted by Crippen LogP contribution is -2.42. The van der Waals surface area contributed by atoms with Crippen molar-refractivity contribution in [2.75, 3.05) is 13.1 Å². The molecule has 21 heavy (non-hydrogen) atoms. The minimum absolute atomic E-state index is 0.215. The van der Waals surface area contributed by atoms with Gasteiger partial charge < -0.3 is 10.6 Å². The van der Waals surface area contributed by atoms with E-state index < -0.39 is 0 Å². The van der Waals surface area contributed by atoms with Gasteiger partial charge in [0.15, 0.2) is 0 Å². The minimum Gasteiger partial charge on any atom is -0.356 e. The van der Waals surface area contributed by atoms with Crippen LogP contribution in [0.4, 0.5) is 0 Å². The van der Waals surface area contributed by atoms with E-state index in [9.17, 15) is 4.79 Å². The third-order valence-electron chi connectivity index (χ3n) is 5.71. The number of carbonyl (C=O) groups is 1. The maximum atomic E-state index is 12.3. The third-order valence-corrected chi connectivity index (χ3v) is 5.71. The Morgan fingerprint density at radius 2 is 2.24 bits per heavy atom. The Morgan fingerprint density at radius 3 is 3.10 bits per heavy atom. The third kappa shape index (κ3) is 2.38. The number of hydrogen-bond acceptors (Lipinski definition) is 2. The SMILES string of the molecule is C[C@H]1C[C@@H](C(=O)NCC2C3Cc4ccccc4C23)CCN1. The first-order valence-electron chi connectivity index (χ1n) is 8.33. The number of hydrogen-bond donors (Lipinski definition) is 2. The average Bonchev–Trinajstić information content (AvgIpc) is 3.03. The summed E-state index contributed by atoms with van der Waals surface area (Å²) >= 11 is 0. The molecule has 112 valence electrons. The van der Waals surface area contributed by atoms with Crippen molar-refractivity contribution in [1.29, 1.82) is 0 Å². The summed E-state index contributed by atoms with van der Waals surface area (Å²) < 4.78 is 0. The molecule has 1 aromatic carbocycles. The van der Waals surface area contributed by atoms with Crippen LogP contribution in [0, 0.1) is 17.8 Å². The second-order valence-electron chi connectivity index (χ2n) is 7.08. The highest BCUT2D eigenvalue weighted by Crippen LogP contribution is 2.60. The van der Waals surface area contributed by atoms with E-state index in [1.165, 1.54) is 17.5 Å². The summed E-state index contributed by atoms with van der Waals surface area (Å²) in [5, 5.41) is 6.63. The highest BCUT2D eigenvalue weighted by Gasteiger charge is 2.55. The summed E-state index contributed by atoms with van der Waals surface area (Å²) in [7, 11) is 0. The van der Waals surface area contributed by atoms with Crippen LogP contribution in [-0.2, 0) is 11.2 Å². The highest BCUT2D eigenvalue weighted by molar-refractivity contribution is 5.78. The molecule has 1 amide bonds. The summed E-state index contributed by atoms with van der Waals surface area (Å²) in [4.78, 5) is 12.3. The molecule has 1 saturated heterocycles. The highest BCUT2D eigenvalue weighted by atomic mass is 16.1. The van der Waals surface area contributed by atoms with E-state index in [0.717, 1.165) is 31.8 Å². The van der Waals surface area contributed by atoms with Crippen molar-refractivity contribution in [3.63, 3.8) is 0 Å². The van der Waals surface area contributed by atoms with Gasteiger partial charge in [0.25, 0.3) is 0 Å². The number of nitrogens with one attached hydrogen (secondary N) is 2. The van der Waals surface area contributed by atoms with E-state index in [0.29, 0.717) is 17.9 Å². The Balaban J connectivity index is 1.31. The van der Waals surface area contributed by atoms with Crippen molar-refractivity contribution in [2.24, 2.45) is 17.8 Å². The molecule has 1 heterocycles. The van der Waals surface area contributed by atoms with E-state index in [1.54, 1.807) is 0 Å². The van der Waals surface area contributed by atoms with Crippen LogP contribution in [-0.4, -0.2) is 25.0 Å². The fourth-order valence-electron chi connectivity index (χ4n) is 4.49. The van der Waals surface area contributed by atoms with Gasteiger partial charge in [0.05, 0.1) is 0 Å². The molecule has 0 spiro atoms. The van der Waals surface area contributed by atoms with Gasteiger partial charge in [0.2, 0.25) is 5.91 Å². The molecule has 3 nitrogen and oxygen atoms in total. The van der Waals surface area contributed by atoms with Crippen molar-refractivity contribution < 1.29 is 4.79 Å². The summed E-state index contributed by atoms with van der Waals surface area (Å²) in [6, 6.07) is 9.29. The standard InChI is InChI=1S/C18H24N2O/c1-11-8-13(6-7-19-11)18(21)20-10-16-15-9-12-4-2-3-5-14(12)17(15)16/h2-5,11,13,15-17,19H,6-10H2,1H3,(H,20,21)/t11-,13-,15?,16?,17?/m0/s1. The van der Waals surface area contributed by atoms with E-state index in [-0.39, 0.29) is 11.8 Å². The van der Waals surface area contributed by atoms with Gasteiger partial charge in [-0.15, -0.1) is 0 Å². The molecule has 0 aromatic heterocycles. The van der Waals surface area contributed by atoms with Gasteiger partial charge in [-0.25, -0.2) is 0 Å². The summed E-state index contributed by atoms with van der Waals surface area (Å²) in [5.41, 5.74) is 3.07. The van der Waals surface area contributed by atoms with E-state index >= 15 is 0 Å². The van der Waals surface area contributed by atoms with Gasteiger partial charge in [0, 0.05) is 18.5 Å². The van der Waals surface area contributed by atoms with Crippen LogP contribution in [0.5, 0.6) is 0 Å².